The van der Waals surface area contributed by atoms with E-state index in [1.807, 2.05) is 0 Å². The van der Waals surface area contributed by atoms with Crippen LogP contribution in [0.1, 0.15) is 11.3 Å². The molecule has 0 fully saturated rings. The van der Waals surface area contributed by atoms with Crippen LogP contribution in [0, 0.1) is 12.7 Å². The minimum absolute atomic E-state index is 0.185. The van der Waals surface area contributed by atoms with E-state index in [1.54, 1.807) is 13.0 Å². The zero-order chi connectivity index (χ0) is 20.9. The Morgan fingerprint density at radius 3 is 2.29 bits per heavy atom. The Balaban J connectivity index is 2.28. The summed E-state index contributed by atoms with van der Waals surface area (Å²) in [5, 5.41) is 8.25. The van der Waals surface area contributed by atoms with E-state index in [-0.39, 0.29) is 21.9 Å². The van der Waals surface area contributed by atoms with Crippen molar-refractivity contribution in [1.82, 2.24) is 5.16 Å². The van der Waals surface area contributed by atoms with Crippen molar-refractivity contribution in [2.45, 2.75) is 18.0 Å². The topological polar surface area (TPSA) is 86.2 Å². The molecule has 3 aromatic rings. The molecule has 5 nitrogen and oxygen atoms in total. The van der Waals surface area contributed by atoms with E-state index in [1.165, 1.54) is 12.1 Å². The first kappa shape index (κ1) is 20.3. The van der Waals surface area contributed by atoms with Crippen molar-refractivity contribution in [3.63, 3.8) is 0 Å². The Hall–Kier alpha value is -2.43. The van der Waals surface area contributed by atoms with E-state index in [0.29, 0.717) is 11.6 Å². The Labute approximate surface area is 161 Å². The lowest BCUT2D eigenvalue weighted by atomic mass is 9.98. The highest BCUT2D eigenvalue weighted by molar-refractivity contribution is 7.89. The van der Waals surface area contributed by atoms with Crippen LogP contribution in [0.15, 0.2) is 45.8 Å². The molecule has 2 aromatic carbocycles. The predicted octanol–water partition coefficient (Wildman–Crippen LogP) is 4.78. The molecule has 28 heavy (non-hydrogen) atoms. The van der Waals surface area contributed by atoms with E-state index in [9.17, 15) is 26.0 Å². The zero-order valence-corrected chi connectivity index (χ0v) is 15.6. The second kappa shape index (κ2) is 6.87. The van der Waals surface area contributed by atoms with Gasteiger partial charge in [-0.1, -0.05) is 35.0 Å². The van der Waals surface area contributed by atoms with Crippen molar-refractivity contribution in [3.8, 4) is 22.5 Å². The Bertz CT molecular complexity index is 1170. The maximum Gasteiger partial charge on any atom is 0.437 e. The van der Waals surface area contributed by atoms with Crippen LogP contribution < -0.4 is 5.14 Å². The smallest absolute Gasteiger partial charge is 0.355 e. The van der Waals surface area contributed by atoms with Gasteiger partial charge in [0.25, 0.3) is 0 Å². The molecule has 2 N–H and O–H groups in total. The average molecular weight is 435 g/mol. The highest BCUT2D eigenvalue weighted by atomic mass is 35.5. The van der Waals surface area contributed by atoms with Gasteiger partial charge < -0.3 is 4.52 Å². The van der Waals surface area contributed by atoms with E-state index < -0.39 is 38.2 Å². The monoisotopic (exact) mass is 434 g/mol. The molecule has 0 aliphatic heterocycles. The van der Waals surface area contributed by atoms with Crippen LogP contribution in [0.3, 0.4) is 0 Å². The number of alkyl halides is 3. The number of hydrogen-bond donors (Lipinski definition) is 1. The predicted molar refractivity (Wildman–Crippen MR) is 93.5 cm³/mol. The van der Waals surface area contributed by atoms with Crippen LogP contribution in [-0.4, -0.2) is 13.6 Å². The summed E-state index contributed by atoms with van der Waals surface area (Å²) in [6.45, 7) is 1.70. The molecule has 3 rings (SSSR count). The van der Waals surface area contributed by atoms with E-state index in [0.717, 1.165) is 12.1 Å². The molecule has 0 amide bonds. The van der Waals surface area contributed by atoms with Gasteiger partial charge in [-0.15, -0.1) is 0 Å². The Morgan fingerprint density at radius 2 is 1.75 bits per heavy atom. The van der Waals surface area contributed by atoms with Crippen LogP contribution in [0.25, 0.3) is 22.5 Å². The van der Waals surface area contributed by atoms with Gasteiger partial charge in [0.2, 0.25) is 10.0 Å². The molecule has 0 saturated heterocycles. The van der Waals surface area contributed by atoms with E-state index >= 15 is 0 Å². The normalized spacial score (nSPS) is 12.4. The Morgan fingerprint density at radius 1 is 1.11 bits per heavy atom. The molecule has 1 heterocycles. The minimum Gasteiger partial charge on any atom is -0.355 e. The van der Waals surface area contributed by atoms with Crippen LogP contribution in [0.2, 0.25) is 5.02 Å². The molecule has 0 unspecified atom stereocenters. The molecule has 148 valence electrons. The first-order valence-corrected chi connectivity index (χ1v) is 9.48. The van der Waals surface area contributed by atoms with Gasteiger partial charge in [-0.2, -0.15) is 13.2 Å². The molecule has 0 aliphatic carbocycles. The molecule has 0 saturated carbocycles. The lowest BCUT2D eigenvalue weighted by Gasteiger charge is -2.09. The van der Waals surface area contributed by atoms with Gasteiger partial charge in [0, 0.05) is 10.6 Å². The lowest BCUT2D eigenvalue weighted by Crippen LogP contribution is -2.14. The third-order valence-corrected chi connectivity index (χ3v) is 5.27. The highest BCUT2D eigenvalue weighted by Crippen LogP contribution is 2.43. The number of halogens is 5. The van der Waals surface area contributed by atoms with Crippen molar-refractivity contribution < 1.29 is 30.5 Å². The maximum absolute atomic E-state index is 14.2. The molecule has 0 atom stereocenters. The number of rotatable bonds is 3. The van der Waals surface area contributed by atoms with Gasteiger partial charge in [0.1, 0.15) is 10.7 Å². The molecular weight excluding hydrogens is 424 g/mol. The number of nitrogens with zero attached hydrogens (tertiary/aromatic N) is 1. The summed E-state index contributed by atoms with van der Waals surface area (Å²) in [7, 11) is -4.38. The summed E-state index contributed by atoms with van der Waals surface area (Å²) < 4.78 is 82.1. The van der Waals surface area contributed by atoms with Gasteiger partial charge in [0.15, 0.2) is 11.5 Å². The number of hydrogen-bond acceptors (Lipinski definition) is 4. The van der Waals surface area contributed by atoms with Crippen LogP contribution in [0.5, 0.6) is 0 Å². The van der Waals surface area contributed by atoms with Crippen LogP contribution in [-0.2, 0) is 16.2 Å². The summed E-state index contributed by atoms with van der Waals surface area (Å²) >= 11 is 6.03. The SMILES string of the molecule is Cc1ccc(-c2onc(C(F)(F)F)c2-c2ccc(S(N)(=O)=O)c(F)c2)cc1Cl. The van der Waals surface area contributed by atoms with Crippen molar-refractivity contribution in [1.29, 1.82) is 0 Å². The van der Waals surface area contributed by atoms with E-state index in [4.69, 9.17) is 21.3 Å². The second-order valence-corrected chi connectivity index (χ2v) is 7.82. The second-order valence-electron chi connectivity index (χ2n) is 5.89. The van der Waals surface area contributed by atoms with Gasteiger partial charge in [-0.05, 0) is 36.2 Å². The number of aryl methyl sites for hydroxylation is 1. The molecule has 0 aliphatic rings. The van der Waals surface area contributed by atoms with Crippen molar-refractivity contribution >= 4 is 21.6 Å². The van der Waals surface area contributed by atoms with Crippen molar-refractivity contribution in [2.24, 2.45) is 5.14 Å². The fourth-order valence-electron chi connectivity index (χ4n) is 2.57. The van der Waals surface area contributed by atoms with Crippen molar-refractivity contribution in [2.75, 3.05) is 0 Å². The standard InChI is InChI=1S/C17H11ClF4N2O3S/c1-8-2-3-10(6-11(8)18)15-14(16(24-27-15)17(20,21)22)9-4-5-13(12(19)7-9)28(23,25)26/h2-7H,1H3,(H2,23,25,26). The summed E-state index contributed by atoms with van der Waals surface area (Å²) in [5.41, 5.74) is -1.35. The summed E-state index contributed by atoms with van der Waals surface area (Å²) in [4.78, 5) is -0.846. The van der Waals surface area contributed by atoms with Gasteiger partial charge in [0.05, 0.1) is 5.56 Å². The average Bonchev–Trinajstić information content (AvgIpc) is 3.01. The number of sulfonamides is 1. The van der Waals surface area contributed by atoms with Crippen LogP contribution >= 0.6 is 11.6 Å². The van der Waals surface area contributed by atoms with Gasteiger partial charge in [-0.3, -0.25) is 0 Å². The molecule has 0 spiro atoms. The fourth-order valence-corrected chi connectivity index (χ4v) is 3.34. The fraction of sp³-hybridized carbons (Fsp3) is 0.118. The first-order chi connectivity index (χ1) is 12.9. The zero-order valence-electron chi connectivity index (χ0n) is 14.0. The summed E-state index contributed by atoms with van der Waals surface area (Å²) in [6, 6.07) is 6.82. The number of primary sulfonamides is 1. The molecule has 0 bridgehead atoms. The largest absolute Gasteiger partial charge is 0.437 e. The third kappa shape index (κ3) is 3.75. The Kier molecular flexibility index (Phi) is 4.98. The third-order valence-electron chi connectivity index (χ3n) is 3.92. The number of aromatic nitrogens is 1. The molecule has 0 radical (unpaired) electrons. The highest BCUT2D eigenvalue weighted by Gasteiger charge is 2.40. The molecule has 1 aromatic heterocycles. The minimum atomic E-state index is -4.90. The molecule has 11 heteroatoms. The number of benzene rings is 2. The van der Waals surface area contributed by atoms with Crippen LogP contribution in [0.4, 0.5) is 17.6 Å². The van der Waals surface area contributed by atoms with E-state index in [2.05, 4.69) is 5.16 Å². The number of nitrogens with two attached hydrogens (primary N) is 1. The lowest BCUT2D eigenvalue weighted by molar-refractivity contribution is -0.142. The summed E-state index contributed by atoms with van der Waals surface area (Å²) in [5.74, 6) is -1.60. The summed E-state index contributed by atoms with van der Waals surface area (Å²) in [6.07, 6.45) is -4.90. The van der Waals surface area contributed by atoms with Gasteiger partial charge in [-0.25, -0.2) is 17.9 Å². The quantitative estimate of drug-likeness (QED) is 0.601. The molecular formula is C17H11ClF4N2O3S. The maximum atomic E-state index is 14.2. The van der Waals surface area contributed by atoms with Gasteiger partial charge >= 0.3 is 6.18 Å². The first-order valence-electron chi connectivity index (χ1n) is 7.55. The van der Waals surface area contributed by atoms with Crippen molar-refractivity contribution in [3.05, 3.63) is 58.5 Å².